The Morgan fingerprint density at radius 3 is 2.34 bits per heavy atom. The Balaban J connectivity index is 1.69. The van der Waals surface area contributed by atoms with Gasteiger partial charge in [-0.25, -0.2) is 13.4 Å². The van der Waals surface area contributed by atoms with Gasteiger partial charge in [0.1, 0.15) is 10.8 Å². The fraction of sp³-hybridized carbons (Fsp3) is 0.400. The molecule has 1 aliphatic heterocycles. The summed E-state index contributed by atoms with van der Waals surface area (Å²) < 4.78 is 32.3. The monoisotopic (exact) mass is 435 g/mol. The third kappa shape index (κ3) is 4.91. The molecule has 2 aromatic rings. The van der Waals surface area contributed by atoms with Crippen molar-refractivity contribution in [2.45, 2.75) is 29.0 Å². The highest BCUT2D eigenvalue weighted by molar-refractivity contribution is 7.99. The lowest BCUT2D eigenvalue weighted by Gasteiger charge is -2.34. The van der Waals surface area contributed by atoms with Crippen molar-refractivity contribution in [2.75, 3.05) is 33.3 Å². The van der Waals surface area contributed by atoms with Crippen LogP contribution >= 0.6 is 11.8 Å². The van der Waals surface area contributed by atoms with Crippen LogP contribution in [-0.2, 0) is 10.0 Å². The van der Waals surface area contributed by atoms with E-state index in [1.165, 1.54) is 23.5 Å². The van der Waals surface area contributed by atoms with Gasteiger partial charge in [0.2, 0.25) is 10.0 Å². The van der Waals surface area contributed by atoms with Crippen LogP contribution in [0.5, 0.6) is 5.75 Å². The van der Waals surface area contributed by atoms with Gasteiger partial charge < -0.3 is 9.64 Å². The number of carbonyl (C=O) groups is 1. The summed E-state index contributed by atoms with van der Waals surface area (Å²) in [4.78, 5) is 19.3. The summed E-state index contributed by atoms with van der Waals surface area (Å²) >= 11 is 1.55. The predicted molar refractivity (Wildman–Crippen MR) is 113 cm³/mol. The van der Waals surface area contributed by atoms with Crippen molar-refractivity contribution >= 4 is 27.7 Å². The number of sulfonamides is 1. The number of benzene rings is 1. The van der Waals surface area contributed by atoms with Crippen molar-refractivity contribution in [3.05, 3.63) is 48.2 Å². The number of hydrogen-bond acceptors (Lipinski definition) is 6. The fourth-order valence-corrected chi connectivity index (χ4v) is 5.34. The van der Waals surface area contributed by atoms with E-state index in [9.17, 15) is 13.2 Å². The molecule has 0 saturated carbocycles. The van der Waals surface area contributed by atoms with Gasteiger partial charge in [-0.1, -0.05) is 13.8 Å². The number of thioether (sulfide) groups is 1. The van der Waals surface area contributed by atoms with Gasteiger partial charge in [-0.3, -0.25) is 4.79 Å². The second-order valence-corrected chi connectivity index (χ2v) is 10.4. The highest BCUT2D eigenvalue weighted by Crippen LogP contribution is 2.26. The molecule has 1 aromatic carbocycles. The standard InChI is InChI=1S/C20H25N3O4S2/c1-15(2)28-19-18(5-4-10-21-19)20(24)22-11-13-23(14-12-22)29(25,26)17-8-6-16(27-3)7-9-17/h4-10,15H,11-14H2,1-3H3. The van der Waals surface area contributed by atoms with Crippen LogP contribution in [0.3, 0.4) is 0 Å². The Kier molecular flexibility index (Phi) is 6.81. The summed E-state index contributed by atoms with van der Waals surface area (Å²) in [6.45, 7) is 5.30. The number of ether oxygens (including phenoxy) is 1. The van der Waals surface area contributed by atoms with Gasteiger partial charge in [0, 0.05) is 37.6 Å². The van der Waals surface area contributed by atoms with E-state index >= 15 is 0 Å². The molecule has 0 bridgehead atoms. The molecule has 9 heteroatoms. The third-order valence-electron chi connectivity index (χ3n) is 4.57. The Labute approximate surface area is 176 Å². The van der Waals surface area contributed by atoms with Crippen LogP contribution in [0.2, 0.25) is 0 Å². The maximum atomic E-state index is 13.0. The lowest BCUT2D eigenvalue weighted by molar-refractivity contribution is 0.0693. The first-order valence-electron chi connectivity index (χ1n) is 9.38. The molecule has 0 atom stereocenters. The molecule has 0 radical (unpaired) electrons. The molecule has 2 heterocycles. The number of methoxy groups -OCH3 is 1. The Hall–Kier alpha value is -2.10. The van der Waals surface area contributed by atoms with Crippen LogP contribution in [0.4, 0.5) is 0 Å². The van der Waals surface area contributed by atoms with Gasteiger partial charge in [-0.2, -0.15) is 4.31 Å². The normalized spacial score (nSPS) is 15.5. The van der Waals surface area contributed by atoms with E-state index in [0.29, 0.717) is 34.7 Å². The van der Waals surface area contributed by atoms with Crippen molar-refractivity contribution in [3.8, 4) is 5.75 Å². The summed E-state index contributed by atoms with van der Waals surface area (Å²) in [7, 11) is -2.07. The Morgan fingerprint density at radius 1 is 1.10 bits per heavy atom. The van der Waals surface area contributed by atoms with Crippen LogP contribution in [0.15, 0.2) is 52.5 Å². The first kappa shape index (κ1) is 21.6. The smallest absolute Gasteiger partial charge is 0.256 e. The number of amides is 1. The number of pyridine rings is 1. The van der Waals surface area contributed by atoms with Gasteiger partial charge in [0.15, 0.2) is 0 Å². The summed E-state index contributed by atoms with van der Waals surface area (Å²) in [6.07, 6.45) is 1.68. The summed E-state index contributed by atoms with van der Waals surface area (Å²) in [5, 5.41) is 1.02. The summed E-state index contributed by atoms with van der Waals surface area (Å²) in [6, 6.07) is 9.86. The zero-order valence-corrected chi connectivity index (χ0v) is 18.4. The second kappa shape index (κ2) is 9.15. The highest BCUT2D eigenvalue weighted by atomic mass is 32.2. The molecule has 29 heavy (non-hydrogen) atoms. The molecule has 0 unspecified atom stereocenters. The molecule has 0 spiro atoms. The zero-order chi connectivity index (χ0) is 21.0. The van der Waals surface area contributed by atoms with Gasteiger partial charge in [0.05, 0.1) is 17.6 Å². The lowest BCUT2D eigenvalue weighted by Crippen LogP contribution is -2.50. The van der Waals surface area contributed by atoms with E-state index in [0.717, 1.165) is 0 Å². The van der Waals surface area contributed by atoms with Gasteiger partial charge in [-0.15, -0.1) is 11.8 Å². The maximum Gasteiger partial charge on any atom is 0.256 e. The van der Waals surface area contributed by atoms with E-state index in [1.54, 1.807) is 47.1 Å². The first-order chi connectivity index (χ1) is 13.8. The Morgan fingerprint density at radius 2 is 1.76 bits per heavy atom. The van der Waals surface area contributed by atoms with E-state index in [1.807, 2.05) is 0 Å². The van der Waals surface area contributed by atoms with Crippen LogP contribution in [0, 0.1) is 0 Å². The number of nitrogens with zero attached hydrogens (tertiary/aromatic N) is 3. The van der Waals surface area contributed by atoms with Gasteiger partial charge >= 0.3 is 0 Å². The topological polar surface area (TPSA) is 79.8 Å². The Bertz CT molecular complexity index is 954. The fourth-order valence-electron chi connectivity index (χ4n) is 3.07. The summed E-state index contributed by atoms with van der Waals surface area (Å²) in [5.41, 5.74) is 0.567. The van der Waals surface area contributed by atoms with Gasteiger partial charge in [0.25, 0.3) is 5.91 Å². The molecule has 0 N–H and O–H groups in total. The minimum absolute atomic E-state index is 0.109. The first-order valence-corrected chi connectivity index (χ1v) is 11.7. The van der Waals surface area contributed by atoms with Crippen molar-refractivity contribution < 1.29 is 17.9 Å². The molecule has 1 fully saturated rings. The molecule has 1 saturated heterocycles. The average molecular weight is 436 g/mol. The number of piperazine rings is 1. The maximum absolute atomic E-state index is 13.0. The highest BCUT2D eigenvalue weighted by Gasteiger charge is 2.31. The average Bonchev–Trinajstić information content (AvgIpc) is 2.73. The molecular formula is C20H25N3O4S2. The molecule has 156 valence electrons. The van der Waals surface area contributed by atoms with Crippen molar-refractivity contribution in [1.29, 1.82) is 0 Å². The van der Waals surface area contributed by atoms with E-state index < -0.39 is 10.0 Å². The van der Waals surface area contributed by atoms with Crippen LogP contribution in [0.25, 0.3) is 0 Å². The largest absolute Gasteiger partial charge is 0.497 e. The predicted octanol–water partition coefficient (Wildman–Crippen LogP) is 2.74. The molecular weight excluding hydrogens is 410 g/mol. The van der Waals surface area contributed by atoms with Crippen molar-refractivity contribution in [2.24, 2.45) is 0 Å². The van der Waals surface area contributed by atoms with Crippen LogP contribution in [-0.4, -0.2) is 67.1 Å². The van der Waals surface area contributed by atoms with E-state index in [-0.39, 0.29) is 23.9 Å². The minimum Gasteiger partial charge on any atom is -0.497 e. The van der Waals surface area contributed by atoms with E-state index in [4.69, 9.17) is 4.74 Å². The third-order valence-corrected chi connectivity index (χ3v) is 7.50. The molecule has 3 rings (SSSR count). The molecule has 1 aliphatic rings. The number of carbonyl (C=O) groups excluding carboxylic acids is 1. The zero-order valence-electron chi connectivity index (χ0n) is 16.7. The lowest BCUT2D eigenvalue weighted by atomic mass is 10.2. The molecule has 1 aromatic heterocycles. The molecule has 7 nitrogen and oxygen atoms in total. The number of aromatic nitrogens is 1. The number of hydrogen-bond donors (Lipinski definition) is 0. The molecule has 0 aliphatic carbocycles. The second-order valence-electron chi connectivity index (χ2n) is 6.89. The molecule has 1 amide bonds. The quantitative estimate of drug-likeness (QED) is 0.649. The number of rotatable bonds is 6. The summed E-state index contributed by atoms with van der Waals surface area (Å²) in [5.74, 6) is 0.494. The minimum atomic E-state index is -3.60. The van der Waals surface area contributed by atoms with Crippen molar-refractivity contribution in [3.63, 3.8) is 0 Å². The van der Waals surface area contributed by atoms with Crippen molar-refractivity contribution in [1.82, 2.24) is 14.2 Å². The van der Waals surface area contributed by atoms with E-state index in [2.05, 4.69) is 18.8 Å². The van der Waals surface area contributed by atoms with Gasteiger partial charge in [-0.05, 0) is 36.4 Å². The van der Waals surface area contributed by atoms with Crippen LogP contribution in [0.1, 0.15) is 24.2 Å². The van der Waals surface area contributed by atoms with Crippen LogP contribution < -0.4 is 4.74 Å². The SMILES string of the molecule is COc1ccc(S(=O)(=O)N2CCN(C(=O)c3cccnc3SC(C)C)CC2)cc1.